The number of aromatic nitrogens is 2. The summed E-state index contributed by atoms with van der Waals surface area (Å²) in [5.41, 5.74) is 2.32. The van der Waals surface area contributed by atoms with Gasteiger partial charge in [0.05, 0.1) is 18.9 Å². The van der Waals surface area contributed by atoms with E-state index in [0.717, 1.165) is 24.0 Å². The minimum Gasteiger partial charge on any atom is -0.375 e. The van der Waals surface area contributed by atoms with Crippen molar-refractivity contribution in [2.75, 3.05) is 12.9 Å². The van der Waals surface area contributed by atoms with E-state index in [0.29, 0.717) is 24.1 Å². The third-order valence-corrected chi connectivity index (χ3v) is 2.68. The highest BCUT2D eigenvalue weighted by Crippen LogP contribution is 2.20. The van der Waals surface area contributed by atoms with Crippen LogP contribution < -0.4 is 0 Å². The molecule has 0 saturated carbocycles. The highest BCUT2D eigenvalue weighted by Gasteiger charge is 2.17. The van der Waals surface area contributed by atoms with Crippen molar-refractivity contribution in [3.63, 3.8) is 0 Å². The van der Waals surface area contributed by atoms with Gasteiger partial charge in [-0.1, -0.05) is 11.8 Å². The van der Waals surface area contributed by atoms with Crippen LogP contribution in [0, 0.1) is 0 Å². The van der Waals surface area contributed by atoms with E-state index in [1.165, 1.54) is 11.8 Å². The number of fused-ring (bicyclic) bond motifs is 1. The highest BCUT2D eigenvalue weighted by molar-refractivity contribution is 7.98. The molecule has 0 unspecified atom stereocenters. The molecule has 5 heteroatoms. The number of aldehydes is 1. The number of thioether (sulfide) groups is 1. The average molecular weight is 210 g/mol. The minimum absolute atomic E-state index is 0.492. The van der Waals surface area contributed by atoms with Gasteiger partial charge in [0.25, 0.3) is 0 Å². The molecule has 4 nitrogen and oxygen atoms in total. The first-order chi connectivity index (χ1) is 6.85. The van der Waals surface area contributed by atoms with Gasteiger partial charge in [-0.2, -0.15) is 0 Å². The zero-order valence-electron chi connectivity index (χ0n) is 7.82. The first kappa shape index (κ1) is 9.61. The Balaban J connectivity index is 2.52. The van der Waals surface area contributed by atoms with E-state index in [4.69, 9.17) is 4.74 Å². The van der Waals surface area contributed by atoms with Crippen molar-refractivity contribution in [3.05, 3.63) is 17.0 Å². The number of carbonyl (C=O) groups is 1. The molecule has 0 spiro atoms. The monoisotopic (exact) mass is 210 g/mol. The Morgan fingerprint density at radius 2 is 2.36 bits per heavy atom. The topological polar surface area (TPSA) is 52.1 Å². The van der Waals surface area contributed by atoms with Gasteiger partial charge in [-0.25, -0.2) is 9.97 Å². The SMILES string of the molecule is CSc1nc(C=O)c2c(n1)COCC2. The third kappa shape index (κ3) is 1.65. The lowest BCUT2D eigenvalue weighted by molar-refractivity contribution is 0.104. The molecule has 1 aromatic rings. The second kappa shape index (κ2) is 4.06. The molecular formula is C9H10N2O2S. The zero-order valence-corrected chi connectivity index (χ0v) is 8.63. The summed E-state index contributed by atoms with van der Waals surface area (Å²) in [6.07, 6.45) is 3.42. The Bertz CT molecular complexity index is 368. The molecular weight excluding hydrogens is 200 g/mol. The van der Waals surface area contributed by atoms with Gasteiger partial charge in [0.1, 0.15) is 5.69 Å². The van der Waals surface area contributed by atoms with E-state index in [9.17, 15) is 4.79 Å². The fourth-order valence-electron chi connectivity index (χ4n) is 1.45. The molecule has 1 aliphatic rings. The maximum Gasteiger partial charge on any atom is 0.188 e. The van der Waals surface area contributed by atoms with Crippen LogP contribution in [0.15, 0.2) is 5.16 Å². The van der Waals surface area contributed by atoms with Crippen molar-refractivity contribution in [3.8, 4) is 0 Å². The van der Waals surface area contributed by atoms with Gasteiger partial charge in [0, 0.05) is 5.56 Å². The van der Waals surface area contributed by atoms with Gasteiger partial charge in [0.2, 0.25) is 0 Å². The lowest BCUT2D eigenvalue weighted by atomic mass is 10.1. The Morgan fingerprint density at radius 1 is 1.50 bits per heavy atom. The summed E-state index contributed by atoms with van der Waals surface area (Å²) >= 11 is 1.43. The lowest BCUT2D eigenvalue weighted by Crippen LogP contribution is -2.16. The maximum atomic E-state index is 10.8. The summed E-state index contributed by atoms with van der Waals surface area (Å²) in [6.45, 7) is 1.14. The third-order valence-electron chi connectivity index (χ3n) is 2.13. The van der Waals surface area contributed by atoms with E-state index >= 15 is 0 Å². The van der Waals surface area contributed by atoms with Crippen LogP contribution in [0.2, 0.25) is 0 Å². The Morgan fingerprint density at radius 3 is 3.07 bits per heavy atom. The van der Waals surface area contributed by atoms with Crippen LogP contribution in [0.4, 0.5) is 0 Å². The van der Waals surface area contributed by atoms with Gasteiger partial charge in [-0.05, 0) is 12.7 Å². The van der Waals surface area contributed by atoms with Gasteiger partial charge < -0.3 is 4.74 Å². The summed E-state index contributed by atoms with van der Waals surface area (Å²) in [4.78, 5) is 19.3. The standard InChI is InChI=1S/C9H10N2O2S/c1-14-9-10-7(4-12)6-2-3-13-5-8(6)11-9/h4H,2-3,5H2,1H3. The van der Waals surface area contributed by atoms with E-state index in [-0.39, 0.29) is 0 Å². The van der Waals surface area contributed by atoms with Crippen molar-refractivity contribution < 1.29 is 9.53 Å². The van der Waals surface area contributed by atoms with Gasteiger partial charge >= 0.3 is 0 Å². The smallest absolute Gasteiger partial charge is 0.188 e. The summed E-state index contributed by atoms with van der Waals surface area (Å²) in [6, 6.07) is 0. The molecule has 0 radical (unpaired) electrons. The first-order valence-electron chi connectivity index (χ1n) is 4.32. The van der Waals surface area contributed by atoms with Crippen LogP contribution in [0.1, 0.15) is 21.7 Å². The summed E-state index contributed by atoms with van der Waals surface area (Å²) in [5.74, 6) is 0. The predicted molar refractivity (Wildman–Crippen MR) is 52.6 cm³/mol. The molecule has 0 amide bonds. The largest absolute Gasteiger partial charge is 0.375 e. The number of hydrogen-bond donors (Lipinski definition) is 0. The van der Waals surface area contributed by atoms with Crippen molar-refractivity contribution in [1.29, 1.82) is 0 Å². The van der Waals surface area contributed by atoms with Crippen molar-refractivity contribution >= 4 is 18.0 Å². The number of carbonyl (C=O) groups excluding carboxylic acids is 1. The van der Waals surface area contributed by atoms with E-state index in [2.05, 4.69) is 9.97 Å². The lowest BCUT2D eigenvalue weighted by Gasteiger charge is -2.16. The fraction of sp³-hybridized carbons (Fsp3) is 0.444. The first-order valence-corrected chi connectivity index (χ1v) is 5.54. The maximum absolute atomic E-state index is 10.8. The number of hydrogen-bond acceptors (Lipinski definition) is 5. The van der Waals surface area contributed by atoms with Crippen LogP contribution in [-0.4, -0.2) is 29.1 Å². The number of rotatable bonds is 2. The molecule has 0 aliphatic carbocycles. The van der Waals surface area contributed by atoms with Crippen molar-refractivity contribution in [1.82, 2.24) is 9.97 Å². The van der Waals surface area contributed by atoms with Crippen LogP contribution >= 0.6 is 11.8 Å². The molecule has 0 bridgehead atoms. The van der Waals surface area contributed by atoms with Gasteiger partial charge in [-0.3, -0.25) is 4.79 Å². The Labute approximate surface area is 86.1 Å². The Kier molecular flexibility index (Phi) is 2.79. The van der Waals surface area contributed by atoms with Gasteiger partial charge in [-0.15, -0.1) is 0 Å². The molecule has 0 atom stereocenters. The van der Waals surface area contributed by atoms with Crippen LogP contribution in [0.25, 0.3) is 0 Å². The van der Waals surface area contributed by atoms with Crippen LogP contribution in [0.3, 0.4) is 0 Å². The minimum atomic E-state index is 0.492. The molecule has 0 fully saturated rings. The summed E-state index contributed by atoms with van der Waals surface area (Å²) in [5, 5.41) is 0.636. The molecule has 74 valence electrons. The van der Waals surface area contributed by atoms with Crippen molar-refractivity contribution in [2.45, 2.75) is 18.2 Å². The average Bonchev–Trinajstić information content (AvgIpc) is 2.27. The second-order valence-electron chi connectivity index (χ2n) is 2.94. The normalized spacial score (nSPS) is 14.9. The second-order valence-corrected chi connectivity index (χ2v) is 3.71. The quantitative estimate of drug-likeness (QED) is 0.415. The highest BCUT2D eigenvalue weighted by atomic mass is 32.2. The zero-order chi connectivity index (χ0) is 9.97. The number of nitrogens with zero attached hydrogens (tertiary/aromatic N) is 2. The molecule has 2 rings (SSSR count). The molecule has 0 saturated heterocycles. The van der Waals surface area contributed by atoms with E-state index in [1.807, 2.05) is 6.26 Å². The van der Waals surface area contributed by atoms with E-state index < -0.39 is 0 Å². The van der Waals surface area contributed by atoms with Crippen LogP contribution in [-0.2, 0) is 17.8 Å². The molecule has 14 heavy (non-hydrogen) atoms. The number of ether oxygens (including phenoxy) is 1. The predicted octanol–water partition coefficient (Wildman–Crippen LogP) is 1.08. The van der Waals surface area contributed by atoms with Crippen molar-refractivity contribution in [2.24, 2.45) is 0 Å². The molecule has 0 N–H and O–H groups in total. The Hall–Kier alpha value is -0.940. The van der Waals surface area contributed by atoms with Crippen LogP contribution in [0.5, 0.6) is 0 Å². The van der Waals surface area contributed by atoms with Gasteiger partial charge in [0.15, 0.2) is 11.4 Å². The van der Waals surface area contributed by atoms with E-state index in [1.54, 1.807) is 0 Å². The molecule has 1 aromatic heterocycles. The molecule has 2 heterocycles. The summed E-state index contributed by atoms with van der Waals surface area (Å²) < 4.78 is 5.28. The molecule has 0 aromatic carbocycles. The fourth-order valence-corrected chi connectivity index (χ4v) is 1.84. The summed E-state index contributed by atoms with van der Waals surface area (Å²) in [7, 11) is 0. The molecule has 1 aliphatic heterocycles.